The Kier molecular flexibility index (Phi) is 5.64. The van der Waals surface area contributed by atoms with Crippen molar-refractivity contribution in [3.8, 4) is 44.5 Å². The summed E-state index contributed by atoms with van der Waals surface area (Å²) in [5.41, 5.74) is 12.8. The van der Waals surface area contributed by atoms with Crippen molar-refractivity contribution < 1.29 is 0 Å². The van der Waals surface area contributed by atoms with Crippen LogP contribution in [0.4, 0.5) is 0 Å². The van der Waals surface area contributed by atoms with Gasteiger partial charge in [-0.2, -0.15) is 0 Å². The highest BCUT2D eigenvalue weighted by Gasteiger charge is 2.36. The van der Waals surface area contributed by atoms with Crippen molar-refractivity contribution in [1.82, 2.24) is 0 Å². The summed E-state index contributed by atoms with van der Waals surface area (Å²) in [5.74, 6) is 0. The summed E-state index contributed by atoms with van der Waals surface area (Å²) < 4.78 is 0. The predicted molar refractivity (Wildman–Crippen MR) is 193 cm³/mol. The van der Waals surface area contributed by atoms with Crippen LogP contribution in [0.5, 0.6) is 0 Å². The molecule has 9 rings (SSSR count). The Bertz CT molecular complexity index is 2370. The van der Waals surface area contributed by atoms with Crippen LogP contribution in [0.2, 0.25) is 0 Å². The van der Waals surface area contributed by atoms with Crippen LogP contribution in [0.15, 0.2) is 158 Å². The third-order valence-electron chi connectivity index (χ3n) is 10.0. The van der Waals surface area contributed by atoms with Gasteiger partial charge in [0.15, 0.2) is 0 Å². The zero-order valence-electron chi connectivity index (χ0n) is 25.5. The van der Waals surface area contributed by atoms with E-state index >= 15 is 0 Å². The van der Waals surface area contributed by atoms with Gasteiger partial charge in [-0.05, 0) is 124 Å². The van der Waals surface area contributed by atoms with Gasteiger partial charge in [0.05, 0.1) is 0 Å². The summed E-state index contributed by atoms with van der Waals surface area (Å²) in [6.45, 7) is 4.77. The molecule has 212 valence electrons. The second-order valence-electron chi connectivity index (χ2n) is 13.0. The Hall–Kier alpha value is -5.46. The third-order valence-corrected chi connectivity index (χ3v) is 10.0. The first-order valence-electron chi connectivity index (χ1n) is 15.9. The molecule has 0 saturated heterocycles. The Morgan fingerprint density at radius 3 is 1.24 bits per heavy atom. The Morgan fingerprint density at radius 2 is 0.711 bits per heavy atom. The normalized spacial score (nSPS) is 13.3. The van der Waals surface area contributed by atoms with Crippen molar-refractivity contribution in [2.24, 2.45) is 0 Å². The first-order chi connectivity index (χ1) is 22.1. The van der Waals surface area contributed by atoms with Gasteiger partial charge in [0.2, 0.25) is 0 Å². The van der Waals surface area contributed by atoms with E-state index in [-0.39, 0.29) is 5.41 Å². The minimum absolute atomic E-state index is 0.0920. The molecule has 0 N–H and O–H groups in total. The van der Waals surface area contributed by atoms with Gasteiger partial charge in [0, 0.05) is 5.41 Å². The topological polar surface area (TPSA) is 0 Å². The number of hydrogen-bond donors (Lipinski definition) is 0. The highest BCUT2D eigenvalue weighted by Crippen LogP contribution is 2.52. The molecule has 0 heteroatoms. The van der Waals surface area contributed by atoms with E-state index < -0.39 is 0 Å². The van der Waals surface area contributed by atoms with Gasteiger partial charge >= 0.3 is 0 Å². The van der Waals surface area contributed by atoms with Gasteiger partial charge in [-0.25, -0.2) is 0 Å². The molecule has 8 aromatic carbocycles. The summed E-state index contributed by atoms with van der Waals surface area (Å²) in [6.07, 6.45) is 0. The van der Waals surface area contributed by atoms with Crippen LogP contribution in [-0.2, 0) is 5.41 Å². The molecule has 0 radical (unpaired) electrons. The molecular formula is C45H32. The van der Waals surface area contributed by atoms with E-state index in [1.807, 2.05) is 0 Å². The number of benzene rings is 8. The SMILES string of the molecule is CC1(C)c2ccc(-c3cc(-c4ccccc4)cc(-c4ccccc4)c3)cc2-c2cc3c4ccccc4c4ccccc4c3cc21. The lowest BCUT2D eigenvalue weighted by Crippen LogP contribution is -2.14. The van der Waals surface area contributed by atoms with Gasteiger partial charge in [-0.1, -0.05) is 135 Å². The van der Waals surface area contributed by atoms with Crippen molar-refractivity contribution in [3.05, 3.63) is 169 Å². The highest BCUT2D eigenvalue weighted by atomic mass is 14.4. The van der Waals surface area contributed by atoms with E-state index in [1.54, 1.807) is 0 Å². The van der Waals surface area contributed by atoms with Crippen LogP contribution in [0.1, 0.15) is 25.0 Å². The Morgan fingerprint density at radius 1 is 0.289 bits per heavy atom. The smallest absolute Gasteiger partial charge is 0.0159 e. The summed E-state index contributed by atoms with van der Waals surface area (Å²) in [7, 11) is 0. The van der Waals surface area contributed by atoms with Crippen LogP contribution >= 0.6 is 0 Å². The second kappa shape index (κ2) is 9.78. The van der Waals surface area contributed by atoms with E-state index in [2.05, 4.69) is 172 Å². The molecule has 0 amide bonds. The minimum Gasteiger partial charge on any atom is -0.0622 e. The molecule has 1 aliphatic rings. The molecule has 1 aliphatic carbocycles. The van der Waals surface area contributed by atoms with Crippen molar-refractivity contribution in [2.75, 3.05) is 0 Å². The fourth-order valence-corrected chi connectivity index (χ4v) is 7.72. The summed E-state index contributed by atoms with van der Waals surface area (Å²) in [4.78, 5) is 0. The highest BCUT2D eigenvalue weighted by molar-refractivity contribution is 6.26. The van der Waals surface area contributed by atoms with Gasteiger partial charge in [0.1, 0.15) is 0 Å². The average Bonchev–Trinajstić information content (AvgIpc) is 3.33. The zero-order chi connectivity index (χ0) is 30.1. The average molecular weight is 573 g/mol. The van der Waals surface area contributed by atoms with Crippen LogP contribution in [0, 0.1) is 0 Å². The first-order valence-corrected chi connectivity index (χ1v) is 15.9. The molecule has 0 bridgehead atoms. The summed E-state index contributed by atoms with van der Waals surface area (Å²) in [5, 5.41) is 7.95. The molecule has 8 aromatic rings. The third kappa shape index (κ3) is 3.99. The maximum absolute atomic E-state index is 2.49. The van der Waals surface area contributed by atoms with Gasteiger partial charge < -0.3 is 0 Å². The standard InChI is InChI=1S/C45H32/c1-45(2)43-22-21-31(34-24-32(29-13-5-3-6-14-29)23-33(25-34)30-15-7-4-8-16-30)26-41(43)42-27-39-37-19-11-9-17-35(37)36-18-10-12-20-38(36)40(39)28-44(42)45/h3-28H,1-2H3. The van der Waals surface area contributed by atoms with Crippen molar-refractivity contribution in [3.63, 3.8) is 0 Å². The molecule has 0 spiro atoms. The Balaban J connectivity index is 1.28. The second-order valence-corrected chi connectivity index (χ2v) is 13.0. The Labute approximate surface area is 264 Å². The van der Waals surface area contributed by atoms with Gasteiger partial charge in [-0.15, -0.1) is 0 Å². The van der Waals surface area contributed by atoms with Crippen molar-refractivity contribution in [2.45, 2.75) is 19.3 Å². The monoisotopic (exact) mass is 572 g/mol. The quantitative estimate of drug-likeness (QED) is 0.185. The molecule has 0 aliphatic heterocycles. The maximum atomic E-state index is 2.49. The fraction of sp³-hybridized carbons (Fsp3) is 0.0667. The lowest BCUT2D eigenvalue weighted by Gasteiger charge is -2.22. The van der Waals surface area contributed by atoms with Crippen LogP contribution < -0.4 is 0 Å². The molecule has 0 unspecified atom stereocenters. The molecule has 0 fully saturated rings. The summed E-state index contributed by atoms with van der Waals surface area (Å²) in [6, 6.07) is 58.4. The molecule has 45 heavy (non-hydrogen) atoms. The minimum atomic E-state index is -0.0920. The summed E-state index contributed by atoms with van der Waals surface area (Å²) >= 11 is 0. The van der Waals surface area contributed by atoms with E-state index in [4.69, 9.17) is 0 Å². The molecular weight excluding hydrogens is 540 g/mol. The molecule has 0 nitrogen and oxygen atoms in total. The zero-order valence-corrected chi connectivity index (χ0v) is 25.5. The van der Waals surface area contributed by atoms with Gasteiger partial charge in [0.25, 0.3) is 0 Å². The predicted octanol–water partition coefficient (Wildman–Crippen LogP) is 12.5. The van der Waals surface area contributed by atoms with Gasteiger partial charge in [-0.3, -0.25) is 0 Å². The number of hydrogen-bond acceptors (Lipinski definition) is 0. The molecule has 0 saturated carbocycles. The first kappa shape index (κ1) is 26.0. The van der Waals surface area contributed by atoms with E-state index in [9.17, 15) is 0 Å². The van der Waals surface area contributed by atoms with E-state index in [0.29, 0.717) is 0 Å². The van der Waals surface area contributed by atoms with E-state index in [1.165, 1.54) is 88.0 Å². The molecule has 0 heterocycles. The van der Waals surface area contributed by atoms with Crippen LogP contribution in [0.3, 0.4) is 0 Å². The fourth-order valence-electron chi connectivity index (χ4n) is 7.72. The number of rotatable bonds is 3. The van der Waals surface area contributed by atoms with Crippen molar-refractivity contribution >= 4 is 32.3 Å². The largest absolute Gasteiger partial charge is 0.0622 e. The molecule has 0 aromatic heterocycles. The van der Waals surface area contributed by atoms with Crippen LogP contribution in [0.25, 0.3) is 76.8 Å². The number of fused-ring (bicyclic) bond motifs is 9. The lowest BCUT2D eigenvalue weighted by atomic mass is 9.81. The van der Waals surface area contributed by atoms with E-state index in [0.717, 1.165) is 0 Å². The lowest BCUT2D eigenvalue weighted by molar-refractivity contribution is 0.661. The van der Waals surface area contributed by atoms with Crippen LogP contribution in [-0.4, -0.2) is 0 Å². The van der Waals surface area contributed by atoms with Crippen molar-refractivity contribution in [1.29, 1.82) is 0 Å². The molecule has 0 atom stereocenters. The maximum Gasteiger partial charge on any atom is 0.0159 e.